The molecule has 0 aliphatic carbocycles. The second-order valence-corrected chi connectivity index (χ2v) is 7.58. The van der Waals surface area contributed by atoms with E-state index in [0.29, 0.717) is 22.9 Å². The molecule has 0 unspecified atom stereocenters. The van der Waals surface area contributed by atoms with Gasteiger partial charge in [0.15, 0.2) is 0 Å². The zero-order valence-electron chi connectivity index (χ0n) is 11.2. The van der Waals surface area contributed by atoms with E-state index in [0.717, 1.165) is 16.3 Å². The molecule has 0 atom stereocenters. The van der Waals surface area contributed by atoms with Crippen molar-refractivity contribution in [2.45, 2.75) is 6.54 Å². The quantitative estimate of drug-likeness (QED) is 0.810. The fraction of sp³-hybridized carbons (Fsp3) is 0.143. The van der Waals surface area contributed by atoms with Gasteiger partial charge in [-0.2, -0.15) is 0 Å². The molecule has 7 heteroatoms. The molecule has 0 heterocycles. The molecule has 0 aliphatic rings. The van der Waals surface area contributed by atoms with Crippen molar-refractivity contribution in [3.05, 3.63) is 57.5 Å². The summed E-state index contributed by atoms with van der Waals surface area (Å²) in [7, 11) is -3.32. The van der Waals surface area contributed by atoms with Gasteiger partial charge < -0.3 is 5.32 Å². The van der Waals surface area contributed by atoms with Gasteiger partial charge in [0.2, 0.25) is 10.0 Å². The van der Waals surface area contributed by atoms with Crippen LogP contribution < -0.4 is 10.0 Å². The highest BCUT2D eigenvalue weighted by atomic mass is 79.9. The van der Waals surface area contributed by atoms with Gasteiger partial charge in [-0.05, 0) is 29.8 Å². The molecular formula is C14H14BrClN2O2S. The molecule has 2 aromatic rings. The lowest BCUT2D eigenvalue weighted by atomic mass is 10.2. The number of sulfonamides is 1. The summed E-state index contributed by atoms with van der Waals surface area (Å²) in [6.45, 7) is 0.495. The molecule has 2 N–H and O–H groups in total. The van der Waals surface area contributed by atoms with Crippen molar-refractivity contribution < 1.29 is 8.42 Å². The summed E-state index contributed by atoms with van der Waals surface area (Å²) < 4.78 is 26.1. The number of hydrogen-bond donors (Lipinski definition) is 2. The fourth-order valence-corrected chi connectivity index (χ4v) is 3.10. The highest BCUT2D eigenvalue weighted by molar-refractivity contribution is 9.10. The Balaban J connectivity index is 2.16. The van der Waals surface area contributed by atoms with Crippen molar-refractivity contribution in [3.63, 3.8) is 0 Å². The molecule has 21 heavy (non-hydrogen) atoms. The van der Waals surface area contributed by atoms with E-state index in [1.165, 1.54) is 0 Å². The monoisotopic (exact) mass is 388 g/mol. The maximum absolute atomic E-state index is 11.4. The summed E-state index contributed by atoms with van der Waals surface area (Å²) in [5.74, 6) is 0. The first-order valence-electron chi connectivity index (χ1n) is 6.10. The van der Waals surface area contributed by atoms with Crippen LogP contribution in [-0.2, 0) is 16.6 Å². The van der Waals surface area contributed by atoms with Crippen molar-refractivity contribution in [2.75, 3.05) is 16.3 Å². The Morgan fingerprint density at radius 3 is 2.43 bits per heavy atom. The minimum absolute atomic E-state index is 0.495. The summed E-state index contributed by atoms with van der Waals surface area (Å²) >= 11 is 9.52. The molecule has 0 bridgehead atoms. The Labute approximate surface area is 137 Å². The van der Waals surface area contributed by atoms with E-state index >= 15 is 0 Å². The number of para-hydroxylation sites is 2. The minimum atomic E-state index is -3.32. The maximum atomic E-state index is 11.4. The summed E-state index contributed by atoms with van der Waals surface area (Å²) in [4.78, 5) is 0. The third kappa shape index (κ3) is 4.91. The molecule has 2 rings (SSSR count). The van der Waals surface area contributed by atoms with Gasteiger partial charge in [-0.1, -0.05) is 45.7 Å². The molecule has 4 nitrogen and oxygen atoms in total. The predicted molar refractivity (Wildman–Crippen MR) is 91.4 cm³/mol. The number of anilines is 2. The van der Waals surface area contributed by atoms with Gasteiger partial charge in [0, 0.05) is 16.0 Å². The van der Waals surface area contributed by atoms with Crippen LogP contribution in [0.5, 0.6) is 0 Å². The maximum Gasteiger partial charge on any atom is 0.229 e. The lowest BCUT2D eigenvalue weighted by Crippen LogP contribution is -2.12. The van der Waals surface area contributed by atoms with E-state index in [4.69, 9.17) is 11.6 Å². The minimum Gasteiger partial charge on any atom is -0.379 e. The summed E-state index contributed by atoms with van der Waals surface area (Å²) in [5, 5.41) is 3.83. The normalized spacial score (nSPS) is 11.2. The average Bonchev–Trinajstić information content (AvgIpc) is 2.37. The van der Waals surface area contributed by atoms with E-state index in [-0.39, 0.29) is 0 Å². The van der Waals surface area contributed by atoms with Crippen molar-refractivity contribution in [3.8, 4) is 0 Å². The van der Waals surface area contributed by atoms with Crippen LogP contribution in [0.15, 0.2) is 46.9 Å². The van der Waals surface area contributed by atoms with Crippen LogP contribution in [-0.4, -0.2) is 14.7 Å². The Kier molecular flexibility index (Phi) is 5.13. The number of halogens is 2. The van der Waals surface area contributed by atoms with E-state index in [1.54, 1.807) is 18.2 Å². The Morgan fingerprint density at radius 2 is 1.81 bits per heavy atom. The Bertz CT molecular complexity index is 750. The van der Waals surface area contributed by atoms with Gasteiger partial charge in [-0.25, -0.2) is 8.42 Å². The highest BCUT2D eigenvalue weighted by Crippen LogP contribution is 2.25. The highest BCUT2D eigenvalue weighted by Gasteiger charge is 2.07. The molecule has 0 aromatic heterocycles. The molecule has 0 amide bonds. The lowest BCUT2D eigenvalue weighted by molar-refractivity contribution is 0.607. The standard InChI is InChI=1S/C14H14BrClN2O2S/c1-21(19,20)18-14-5-3-2-4-13(14)17-9-10-6-7-11(15)8-12(10)16/h2-8,17-18H,9H2,1H3. The molecule has 112 valence electrons. The van der Waals surface area contributed by atoms with Crippen LogP contribution in [0.25, 0.3) is 0 Å². The first-order valence-corrected chi connectivity index (χ1v) is 9.16. The molecule has 0 radical (unpaired) electrons. The van der Waals surface area contributed by atoms with Gasteiger partial charge in [-0.15, -0.1) is 0 Å². The van der Waals surface area contributed by atoms with Gasteiger partial charge >= 0.3 is 0 Å². The molecule has 2 aromatic carbocycles. The first kappa shape index (κ1) is 16.1. The van der Waals surface area contributed by atoms with E-state index < -0.39 is 10.0 Å². The molecule has 0 fully saturated rings. The van der Waals surface area contributed by atoms with Crippen LogP contribution in [0.1, 0.15) is 5.56 Å². The van der Waals surface area contributed by atoms with Gasteiger partial charge in [0.05, 0.1) is 17.6 Å². The van der Waals surface area contributed by atoms with Gasteiger partial charge in [0.1, 0.15) is 0 Å². The fourth-order valence-electron chi connectivity index (χ4n) is 1.78. The molecule has 0 aliphatic heterocycles. The van der Waals surface area contributed by atoms with Crippen LogP contribution in [0.3, 0.4) is 0 Å². The van der Waals surface area contributed by atoms with Gasteiger partial charge in [0.25, 0.3) is 0 Å². The smallest absolute Gasteiger partial charge is 0.229 e. The second kappa shape index (κ2) is 6.68. The van der Waals surface area contributed by atoms with Crippen molar-refractivity contribution in [1.82, 2.24) is 0 Å². The Hall–Kier alpha value is -1.24. The molecule has 0 saturated carbocycles. The zero-order chi connectivity index (χ0) is 15.5. The topological polar surface area (TPSA) is 58.2 Å². The van der Waals surface area contributed by atoms with Crippen molar-refractivity contribution >= 4 is 48.9 Å². The third-order valence-electron chi connectivity index (χ3n) is 2.71. The number of nitrogens with one attached hydrogen (secondary N) is 2. The van der Waals surface area contributed by atoms with E-state index in [1.807, 2.05) is 24.3 Å². The Morgan fingerprint density at radius 1 is 1.14 bits per heavy atom. The predicted octanol–water partition coefficient (Wildman–Crippen LogP) is 4.09. The number of benzene rings is 2. The molecule has 0 spiro atoms. The number of rotatable bonds is 5. The van der Waals surface area contributed by atoms with Crippen LogP contribution in [0, 0.1) is 0 Å². The van der Waals surface area contributed by atoms with Gasteiger partial charge in [-0.3, -0.25) is 4.72 Å². The molecular weight excluding hydrogens is 376 g/mol. The average molecular weight is 390 g/mol. The first-order chi connectivity index (χ1) is 9.85. The molecule has 0 saturated heterocycles. The summed E-state index contributed by atoms with van der Waals surface area (Å²) in [6.07, 6.45) is 1.12. The SMILES string of the molecule is CS(=O)(=O)Nc1ccccc1NCc1ccc(Br)cc1Cl. The van der Waals surface area contributed by atoms with Crippen molar-refractivity contribution in [1.29, 1.82) is 0 Å². The van der Waals surface area contributed by atoms with Crippen LogP contribution in [0.4, 0.5) is 11.4 Å². The third-order valence-corrected chi connectivity index (χ3v) is 4.14. The number of hydrogen-bond acceptors (Lipinski definition) is 3. The second-order valence-electron chi connectivity index (χ2n) is 4.51. The van der Waals surface area contributed by atoms with E-state index in [2.05, 4.69) is 26.0 Å². The zero-order valence-corrected chi connectivity index (χ0v) is 14.4. The summed E-state index contributed by atoms with van der Waals surface area (Å²) in [6, 6.07) is 12.7. The van der Waals surface area contributed by atoms with Crippen LogP contribution >= 0.6 is 27.5 Å². The van der Waals surface area contributed by atoms with E-state index in [9.17, 15) is 8.42 Å². The lowest BCUT2D eigenvalue weighted by Gasteiger charge is -2.13. The van der Waals surface area contributed by atoms with Crippen LogP contribution in [0.2, 0.25) is 5.02 Å². The largest absolute Gasteiger partial charge is 0.379 e. The summed E-state index contributed by atoms with van der Waals surface area (Å²) in [5.41, 5.74) is 2.13. The van der Waals surface area contributed by atoms with Crippen molar-refractivity contribution in [2.24, 2.45) is 0 Å².